The molecule has 0 bridgehead atoms. The zero-order valence-corrected chi connectivity index (χ0v) is 21.1. The van der Waals surface area contributed by atoms with Crippen molar-refractivity contribution in [3.05, 3.63) is 78.0 Å². The van der Waals surface area contributed by atoms with Gasteiger partial charge in [0.1, 0.15) is 17.7 Å². The molecule has 0 saturated heterocycles. The molecule has 1 fully saturated rings. The van der Waals surface area contributed by atoms with Crippen molar-refractivity contribution in [2.75, 3.05) is 5.32 Å². The van der Waals surface area contributed by atoms with Gasteiger partial charge in [0, 0.05) is 24.4 Å². The lowest BCUT2D eigenvalue weighted by molar-refractivity contribution is 0.507. The van der Waals surface area contributed by atoms with Crippen LogP contribution in [0.3, 0.4) is 0 Å². The van der Waals surface area contributed by atoms with E-state index >= 15 is 0 Å². The standard InChI is InChI=1S/C26H24N8O2S/c1-16-3-6-20(7-4-16)37(35,36)33-10-9-22-26(33)29-15-24-31-32-25(34(22)24)21-12-19(11-17(21)2)30-23-8-5-18(13-27)14-28-23/h3-10,14-15,17,19,21H,11-12H2,1-2H3,(H,28,30)/t17-,19+,21+/m1/s1. The number of nitriles is 1. The third-order valence-electron chi connectivity index (χ3n) is 7.10. The molecule has 1 saturated carbocycles. The number of pyridine rings is 1. The number of nitrogens with one attached hydrogen (secondary N) is 1. The summed E-state index contributed by atoms with van der Waals surface area (Å²) in [6.45, 7) is 4.10. The molecule has 11 heteroatoms. The minimum atomic E-state index is -3.82. The van der Waals surface area contributed by atoms with Crippen LogP contribution in [0.5, 0.6) is 0 Å². The van der Waals surface area contributed by atoms with E-state index in [1.165, 1.54) is 10.2 Å². The van der Waals surface area contributed by atoms with E-state index in [0.717, 1.165) is 30.0 Å². The number of fused-ring (bicyclic) bond motifs is 3. The summed E-state index contributed by atoms with van der Waals surface area (Å²) in [5.41, 5.74) is 3.05. The van der Waals surface area contributed by atoms with Gasteiger partial charge in [-0.15, -0.1) is 10.2 Å². The topological polar surface area (TPSA) is 131 Å². The molecule has 4 aromatic heterocycles. The Balaban J connectivity index is 1.35. The Kier molecular flexibility index (Phi) is 5.42. The predicted octanol–water partition coefficient (Wildman–Crippen LogP) is 3.89. The molecule has 0 amide bonds. The van der Waals surface area contributed by atoms with Crippen LogP contribution in [0.2, 0.25) is 0 Å². The van der Waals surface area contributed by atoms with E-state index in [1.54, 1.807) is 48.8 Å². The summed E-state index contributed by atoms with van der Waals surface area (Å²) in [4.78, 5) is 8.98. The fraction of sp³-hybridized carbons (Fsp3) is 0.269. The Morgan fingerprint density at radius 2 is 1.84 bits per heavy atom. The van der Waals surface area contributed by atoms with Gasteiger partial charge in [-0.1, -0.05) is 24.6 Å². The second-order valence-electron chi connectivity index (χ2n) is 9.59. The molecule has 1 aromatic carbocycles. The van der Waals surface area contributed by atoms with Gasteiger partial charge in [0.25, 0.3) is 10.0 Å². The maximum Gasteiger partial charge on any atom is 0.269 e. The van der Waals surface area contributed by atoms with Gasteiger partial charge in [-0.3, -0.25) is 4.40 Å². The third-order valence-corrected chi connectivity index (χ3v) is 8.78. The van der Waals surface area contributed by atoms with Crippen LogP contribution in [-0.2, 0) is 10.0 Å². The van der Waals surface area contributed by atoms with E-state index in [4.69, 9.17) is 5.26 Å². The summed E-state index contributed by atoms with van der Waals surface area (Å²) in [6.07, 6.45) is 6.39. The first-order chi connectivity index (χ1) is 17.8. The molecule has 5 aromatic rings. The van der Waals surface area contributed by atoms with E-state index in [1.807, 2.05) is 17.4 Å². The van der Waals surface area contributed by atoms with Crippen LogP contribution in [0.25, 0.3) is 16.8 Å². The molecular formula is C26H24N8O2S. The quantitative estimate of drug-likeness (QED) is 0.375. The lowest BCUT2D eigenvalue weighted by atomic mass is 9.97. The molecule has 1 aliphatic carbocycles. The highest BCUT2D eigenvalue weighted by atomic mass is 32.2. The number of hydrogen-bond acceptors (Lipinski definition) is 8. The largest absolute Gasteiger partial charge is 0.367 e. The number of anilines is 1. The summed E-state index contributed by atoms with van der Waals surface area (Å²) in [5.74, 6) is 1.93. The van der Waals surface area contributed by atoms with Gasteiger partial charge in [0.2, 0.25) is 0 Å². The van der Waals surface area contributed by atoms with Crippen molar-refractivity contribution in [3.8, 4) is 6.07 Å². The van der Waals surface area contributed by atoms with Crippen LogP contribution in [0, 0.1) is 24.2 Å². The molecule has 0 radical (unpaired) electrons. The van der Waals surface area contributed by atoms with Crippen LogP contribution >= 0.6 is 0 Å². The monoisotopic (exact) mass is 512 g/mol. The number of nitrogens with zero attached hydrogens (tertiary/aromatic N) is 7. The lowest BCUT2D eigenvalue weighted by Gasteiger charge is -2.14. The maximum atomic E-state index is 13.4. The van der Waals surface area contributed by atoms with Gasteiger partial charge < -0.3 is 5.32 Å². The molecular weight excluding hydrogens is 488 g/mol. The molecule has 1 N–H and O–H groups in total. The lowest BCUT2D eigenvalue weighted by Crippen LogP contribution is -2.16. The predicted molar refractivity (Wildman–Crippen MR) is 138 cm³/mol. The van der Waals surface area contributed by atoms with E-state index in [2.05, 4.69) is 38.5 Å². The van der Waals surface area contributed by atoms with E-state index in [9.17, 15) is 8.42 Å². The van der Waals surface area contributed by atoms with Crippen LogP contribution in [0.4, 0.5) is 5.82 Å². The van der Waals surface area contributed by atoms with Crippen molar-refractivity contribution in [1.82, 2.24) is 28.5 Å². The fourth-order valence-corrected chi connectivity index (χ4v) is 6.49. The first kappa shape index (κ1) is 23.1. The SMILES string of the molecule is Cc1ccc(S(=O)(=O)n2ccc3c2ncc2nnc([C@H]4C[C@@H](Nc5ccc(C#N)cn5)C[C@H]4C)n23)cc1. The van der Waals surface area contributed by atoms with Crippen LogP contribution in [0.15, 0.2) is 66.0 Å². The summed E-state index contributed by atoms with van der Waals surface area (Å²) >= 11 is 0. The zero-order chi connectivity index (χ0) is 25.7. The van der Waals surface area contributed by atoms with Crippen molar-refractivity contribution in [3.63, 3.8) is 0 Å². The van der Waals surface area contributed by atoms with E-state index < -0.39 is 10.0 Å². The average Bonchev–Trinajstić information content (AvgIpc) is 3.61. The summed E-state index contributed by atoms with van der Waals surface area (Å²) < 4.78 is 29.9. The summed E-state index contributed by atoms with van der Waals surface area (Å²) in [7, 11) is -3.82. The smallest absolute Gasteiger partial charge is 0.269 e. The molecule has 186 valence electrons. The van der Waals surface area contributed by atoms with Crippen molar-refractivity contribution in [2.24, 2.45) is 5.92 Å². The molecule has 37 heavy (non-hydrogen) atoms. The Hall–Kier alpha value is -4.30. The molecule has 1 aliphatic rings. The highest BCUT2D eigenvalue weighted by Gasteiger charge is 2.36. The maximum absolute atomic E-state index is 13.4. The van der Waals surface area contributed by atoms with Gasteiger partial charge in [0.15, 0.2) is 11.3 Å². The molecule has 0 unspecified atom stereocenters. The molecule has 0 aliphatic heterocycles. The highest BCUT2D eigenvalue weighted by molar-refractivity contribution is 7.90. The second kappa shape index (κ2) is 8.67. The fourth-order valence-electron chi connectivity index (χ4n) is 5.19. The minimum absolute atomic E-state index is 0.105. The molecule has 3 atom stereocenters. The van der Waals surface area contributed by atoms with Gasteiger partial charge >= 0.3 is 0 Å². The Morgan fingerprint density at radius 3 is 2.57 bits per heavy atom. The van der Waals surface area contributed by atoms with Gasteiger partial charge in [-0.25, -0.2) is 22.4 Å². The Bertz CT molecular complexity index is 1770. The minimum Gasteiger partial charge on any atom is -0.367 e. The Labute approximate surface area is 213 Å². The molecule has 0 spiro atoms. The van der Waals surface area contributed by atoms with Gasteiger partial charge in [0.05, 0.1) is 22.2 Å². The van der Waals surface area contributed by atoms with Crippen LogP contribution < -0.4 is 5.32 Å². The first-order valence-corrected chi connectivity index (χ1v) is 13.4. The summed E-state index contributed by atoms with van der Waals surface area (Å²) in [5, 5.41) is 21.3. The number of benzene rings is 1. The van der Waals surface area contributed by atoms with E-state index in [0.29, 0.717) is 28.3 Å². The number of rotatable bonds is 5. The molecule has 4 heterocycles. The van der Waals surface area contributed by atoms with Crippen molar-refractivity contribution in [1.29, 1.82) is 5.26 Å². The normalized spacial score (nSPS) is 19.9. The van der Waals surface area contributed by atoms with Crippen LogP contribution in [0.1, 0.15) is 42.6 Å². The average molecular weight is 513 g/mol. The van der Waals surface area contributed by atoms with Crippen molar-refractivity contribution < 1.29 is 8.42 Å². The van der Waals surface area contributed by atoms with E-state index in [-0.39, 0.29) is 16.9 Å². The summed E-state index contributed by atoms with van der Waals surface area (Å²) in [6, 6.07) is 14.3. The molecule has 6 rings (SSSR count). The third kappa shape index (κ3) is 3.90. The van der Waals surface area contributed by atoms with Crippen molar-refractivity contribution in [2.45, 2.75) is 43.5 Å². The van der Waals surface area contributed by atoms with Gasteiger partial charge in [-0.05, 0) is 56.0 Å². The molecule has 10 nitrogen and oxygen atoms in total. The van der Waals surface area contributed by atoms with Crippen LogP contribution in [-0.4, -0.2) is 43.0 Å². The number of aromatic nitrogens is 6. The highest BCUT2D eigenvalue weighted by Crippen LogP contribution is 2.40. The number of aryl methyl sites for hydroxylation is 1. The van der Waals surface area contributed by atoms with Crippen molar-refractivity contribution >= 4 is 32.7 Å². The first-order valence-electron chi connectivity index (χ1n) is 12.0. The van der Waals surface area contributed by atoms with Gasteiger partial charge in [-0.2, -0.15) is 5.26 Å². The number of hydrogen-bond donors (Lipinski definition) is 1. The zero-order valence-electron chi connectivity index (χ0n) is 20.3. The Morgan fingerprint density at radius 1 is 1.03 bits per heavy atom. The second-order valence-corrected chi connectivity index (χ2v) is 11.4.